The molecular formula is C41H77NO3. The van der Waals surface area contributed by atoms with Crippen LogP contribution in [0.4, 0.5) is 0 Å². The Balaban J connectivity index is 3.41. The number of nitrogens with one attached hydrogen (secondary N) is 1. The van der Waals surface area contributed by atoms with Crippen molar-refractivity contribution in [2.24, 2.45) is 0 Å². The summed E-state index contributed by atoms with van der Waals surface area (Å²) in [4.78, 5) is 11.8. The molecule has 0 aliphatic heterocycles. The van der Waals surface area contributed by atoms with E-state index in [2.05, 4.69) is 36.5 Å². The molecule has 0 saturated heterocycles. The van der Waals surface area contributed by atoms with Gasteiger partial charge < -0.3 is 15.5 Å². The number of rotatable bonds is 35. The van der Waals surface area contributed by atoms with E-state index in [9.17, 15) is 15.0 Å². The van der Waals surface area contributed by atoms with Gasteiger partial charge in [-0.2, -0.15) is 0 Å². The lowest BCUT2D eigenvalue weighted by atomic mass is 10.0. The third kappa shape index (κ3) is 33.8. The zero-order valence-corrected chi connectivity index (χ0v) is 30.1. The normalized spacial score (nSPS) is 13.4. The summed E-state index contributed by atoms with van der Waals surface area (Å²) >= 11 is 0. The molecule has 4 nitrogen and oxygen atoms in total. The van der Waals surface area contributed by atoms with E-state index in [4.69, 9.17) is 0 Å². The molecule has 2 atom stereocenters. The Hall–Kier alpha value is -1.39. The first kappa shape index (κ1) is 43.6. The van der Waals surface area contributed by atoms with E-state index < -0.39 is 12.1 Å². The van der Waals surface area contributed by atoms with Crippen LogP contribution < -0.4 is 5.32 Å². The maximum atomic E-state index is 11.8. The highest BCUT2D eigenvalue weighted by Gasteiger charge is 2.17. The molecule has 3 N–H and O–H groups in total. The summed E-state index contributed by atoms with van der Waals surface area (Å²) in [5, 5.41) is 22.4. The highest BCUT2D eigenvalue weighted by atomic mass is 16.3. The average Bonchev–Trinajstić information content (AvgIpc) is 3.05. The van der Waals surface area contributed by atoms with E-state index in [1.54, 1.807) is 6.08 Å². The van der Waals surface area contributed by atoms with Crippen LogP contribution in [-0.2, 0) is 4.79 Å². The van der Waals surface area contributed by atoms with Crippen LogP contribution in [0.5, 0.6) is 0 Å². The van der Waals surface area contributed by atoms with Crippen molar-refractivity contribution in [1.29, 1.82) is 0 Å². The Bertz CT molecular complexity index is 686. The Morgan fingerprint density at radius 1 is 0.511 bits per heavy atom. The van der Waals surface area contributed by atoms with E-state index in [0.29, 0.717) is 6.42 Å². The lowest BCUT2D eigenvalue weighted by Gasteiger charge is -2.19. The summed E-state index contributed by atoms with van der Waals surface area (Å²) in [6, 6.07) is -0.638. The molecule has 264 valence electrons. The summed E-state index contributed by atoms with van der Waals surface area (Å²) in [7, 11) is 0. The van der Waals surface area contributed by atoms with Crippen LogP contribution in [0.3, 0.4) is 0 Å². The summed E-state index contributed by atoms with van der Waals surface area (Å²) in [6.45, 7) is 4.06. The van der Waals surface area contributed by atoms with Gasteiger partial charge in [0, 0.05) is 6.42 Å². The van der Waals surface area contributed by atoms with Crippen LogP contribution in [0.25, 0.3) is 0 Å². The van der Waals surface area contributed by atoms with Crippen LogP contribution in [0.2, 0.25) is 0 Å². The van der Waals surface area contributed by atoms with Gasteiger partial charge in [0.1, 0.15) is 0 Å². The quantitative estimate of drug-likeness (QED) is 0.0481. The SMILES string of the molecule is CCCCCCCCCCCCCCCCCCCCCCC/C=C/CC/C=C/CC/C=C/C(O)C(CO)NC(=O)CCCC. The van der Waals surface area contributed by atoms with E-state index in [-0.39, 0.29) is 12.5 Å². The van der Waals surface area contributed by atoms with Crippen LogP contribution in [0.15, 0.2) is 36.5 Å². The Morgan fingerprint density at radius 3 is 1.27 bits per heavy atom. The van der Waals surface area contributed by atoms with Gasteiger partial charge in [0.25, 0.3) is 0 Å². The van der Waals surface area contributed by atoms with Gasteiger partial charge in [0.2, 0.25) is 5.91 Å². The number of carbonyl (C=O) groups is 1. The number of hydrogen-bond donors (Lipinski definition) is 3. The van der Waals surface area contributed by atoms with Crippen LogP contribution in [-0.4, -0.2) is 34.9 Å². The van der Waals surface area contributed by atoms with Crippen molar-refractivity contribution in [2.45, 2.75) is 212 Å². The lowest BCUT2D eigenvalue weighted by molar-refractivity contribution is -0.123. The first-order chi connectivity index (χ1) is 22.2. The molecule has 45 heavy (non-hydrogen) atoms. The molecule has 0 spiro atoms. The van der Waals surface area contributed by atoms with Crippen molar-refractivity contribution in [1.82, 2.24) is 5.32 Å². The minimum absolute atomic E-state index is 0.115. The summed E-state index contributed by atoms with van der Waals surface area (Å²) in [5.74, 6) is -0.115. The van der Waals surface area contributed by atoms with Gasteiger partial charge in [0.05, 0.1) is 18.8 Å². The molecule has 1 amide bonds. The van der Waals surface area contributed by atoms with Crippen LogP contribution in [0, 0.1) is 0 Å². The summed E-state index contributed by atoms with van der Waals surface area (Å²) < 4.78 is 0. The second kappa shape index (κ2) is 37.1. The number of hydrogen-bond acceptors (Lipinski definition) is 3. The van der Waals surface area contributed by atoms with Crippen molar-refractivity contribution in [2.75, 3.05) is 6.61 Å². The van der Waals surface area contributed by atoms with Crippen molar-refractivity contribution in [3.05, 3.63) is 36.5 Å². The van der Waals surface area contributed by atoms with E-state index in [1.165, 1.54) is 141 Å². The van der Waals surface area contributed by atoms with Gasteiger partial charge in [-0.1, -0.05) is 185 Å². The van der Waals surface area contributed by atoms with Crippen molar-refractivity contribution >= 4 is 5.91 Å². The van der Waals surface area contributed by atoms with Gasteiger partial charge in [-0.25, -0.2) is 0 Å². The van der Waals surface area contributed by atoms with E-state index in [0.717, 1.165) is 38.5 Å². The second-order valence-corrected chi connectivity index (χ2v) is 13.3. The molecule has 2 unspecified atom stereocenters. The third-order valence-corrected chi connectivity index (χ3v) is 8.85. The van der Waals surface area contributed by atoms with Gasteiger partial charge in [-0.05, 0) is 44.9 Å². The molecular weight excluding hydrogens is 554 g/mol. The summed E-state index contributed by atoms with van der Waals surface area (Å²) in [6.07, 6.45) is 49.3. The Morgan fingerprint density at radius 2 is 0.867 bits per heavy atom. The molecule has 0 aromatic heterocycles. The smallest absolute Gasteiger partial charge is 0.220 e. The van der Waals surface area contributed by atoms with Gasteiger partial charge in [-0.3, -0.25) is 4.79 Å². The van der Waals surface area contributed by atoms with E-state index >= 15 is 0 Å². The van der Waals surface area contributed by atoms with Gasteiger partial charge in [0.15, 0.2) is 0 Å². The van der Waals surface area contributed by atoms with Crippen molar-refractivity contribution in [3.63, 3.8) is 0 Å². The monoisotopic (exact) mass is 632 g/mol. The van der Waals surface area contributed by atoms with Crippen molar-refractivity contribution < 1.29 is 15.0 Å². The maximum Gasteiger partial charge on any atom is 0.220 e. The highest BCUT2D eigenvalue weighted by molar-refractivity contribution is 5.76. The third-order valence-electron chi connectivity index (χ3n) is 8.85. The van der Waals surface area contributed by atoms with Gasteiger partial charge in [-0.15, -0.1) is 0 Å². The van der Waals surface area contributed by atoms with E-state index in [1.807, 2.05) is 13.0 Å². The number of carbonyl (C=O) groups excluding carboxylic acids is 1. The first-order valence-corrected chi connectivity index (χ1v) is 19.7. The number of amides is 1. The standard InChI is InChI=1S/C41H77NO3/c1-3-5-7-8-9-10-11-12-13-14-15-16-17-18-19-20-21-22-23-24-25-26-27-28-29-30-31-32-33-34-35-36-40(44)39(38-43)42-41(45)37-6-4-2/h27-28,31-32,35-36,39-40,43-44H,3-26,29-30,33-34,37-38H2,1-2H3,(H,42,45)/b28-27+,32-31+,36-35+. The molecule has 0 radical (unpaired) electrons. The Kier molecular flexibility index (Phi) is 35.9. The highest BCUT2D eigenvalue weighted by Crippen LogP contribution is 2.15. The molecule has 0 fully saturated rings. The van der Waals surface area contributed by atoms with Crippen LogP contribution >= 0.6 is 0 Å². The first-order valence-electron chi connectivity index (χ1n) is 19.7. The molecule has 4 heteroatoms. The molecule has 0 aromatic rings. The fourth-order valence-electron chi connectivity index (χ4n) is 5.78. The predicted molar refractivity (Wildman–Crippen MR) is 198 cm³/mol. The molecule has 0 heterocycles. The fraction of sp³-hybridized carbons (Fsp3) is 0.829. The predicted octanol–water partition coefficient (Wildman–Crippen LogP) is 11.8. The minimum Gasteiger partial charge on any atom is -0.394 e. The maximum absolute atomic E-state index is 11.8. The fourth-order valence-corrected chi connectivity index (χ4v) is 5.78. The van der Waals surface area contributed by atoms with Gasteiger partial charge >= 0.3 is 0 Å². The minimum atomic E-state index is -0.863. The topological polar surface area (TPSA) is 69.6 Å². The number of aliphatic hydroxyl groups is 2. The number of aliphatic hydroxyl groups excluding tert-OH is 2. The van der Waals surface area contributed by atoms with Crippen molar-refractivity contribution in [3.8, 4) is 0 Å². The zero-order chi connectivity index (χ0) is 32.9. The molecule has 0 saturated carbocycles. The average molecular weight is 632 g/mol. The zero-order valence-electron chi connectivity index (χ0n) is 30.1. The summed E-state index contributed by atoms with van der Waals surface area (Å²) in [5.41, 5.74) is 0. The Labute approximate surface area is 281 Å². The largest absolute Gasteiger partial charge is 0.394 e. The number of unbranched alkanes of at least 4 members (excludes halogenated alkanes) is 24. The molecule has 0 aliphatic carbocycles. The lowest BCUT2D eigenvalue weighted by Crippen LogP contribution is -2.45. The molecule has 0 rings (SSSR count). The second-order valence-electron chi connectivity index (χ2n) is 13.3. The molecule has 0 bridgehead atoms. The number of allylic oxidation sites excluding steroid dienone is 5. The van der Waals surface area contributed by atoms with Crippen LogP contribution in [0.1, 0.15) is 200 Å². The molecule has 0 aliphatic rings. The molecule has 0 aromatic carbocycles.